The normalized spacial score (nSPS) is 22.6. The molecular weight excluding hydrogens is 291 g/mol. The molecular formula is C13H14F3NO4. The number of carbonyl (C=O) groups is 2. The van der Waals surface area contributed by atoms with Gasteiger partial charge in [0, 0.05) is 18.7 Å². The number of carboxylic acid groups (broad SMARTS) is 1. The number of nitrogens with zero attached hydrogens (tertiary/aromatic N) is 1. The lowest BCUT2D eigenvalue weighted by atomic mass is 9.96. The highest BCUT2D eigenvalue weighted by Gasteiger charge is 2.53. The molecule has 0 unspecified atom stereocenters. The molecule has 2 heterocycles. The number of carboxylic acids is 1. The van der Waals surface area contributed by atoms with Crippen LogP contribution < -0.4 is 0 Å². The fourth-order valence-electron chi connectivity index (χ4n) is 2.55. The molecule has 1 saturated heterocycles. The van der Waals surface area contributed by atoms with Crippen LogP contribution in [0.5, 0.6) is 0 Å². The van der Waals surface area contributed by atoms with Crippen molar-refractivity contribution in [2.75, 3.05) is 13.1 Å². The van der Waals surface area contributed by atoms with Crippen molar-refractivity contribution >= 4 is 11.9 Å². The molecule has 0 aliphatic carbocycles. The van der Waals surface area contributed by atoms with Gasteiger partial charge >= 0.3 is 12.1 Å². The predicted molar refractivity (Wildman–Crippen MR) is 64.8 cm³/mol. The van der Waals surface area contributed by atoms with Gasteiger partial charge in [-0.1, -0.05) is 0 Å². The van der Waals surface area contributed by atoms with Crippen molar-refractivity contribution in [2.45, 2.75) is 20.0 Å². The molecule has 2 atom stereocenters. The maximum absolute atomic E-state index is 12.9. The van der Waals surface area contributed by atoms with Crippen LogP contribution >= 0.6 is 0 Å². The van der Waals surface area contributed by atoms with Crippen LogP contribution in [0.3, 0.4) is 0 Å². The van der Waals surface area contributed by atoms with E-state index in [4.69, 9.17) is 9.52 Å². The average molecular weight is 305 g/mol. The first-order valence-electron chi connectivity index (χ1n) is 6.27. The Bertz CT molecular complexity index is 578. The Hall–Kier alpha value is -1.99. The van der Waals surface area contributed by atoms with Gasteiger partial charge in [-0.3, -0.25) is 9.59 Å². The monoisotopic (exact) mass is 305 g/mol. The number of carbonyl (C=O) groups excluding carboxylic acids is 1. The molecule has 0 bridgehead atoms. The molecule has 8 heteroatoms. The van der Waals surface area contributed by atoms with E-state index in [1.165, 1.54) is 0 Å². The van der Waals surface area contributed by atoms with Gasteiger partial charge in [-0.2, -0.15) is 13.2 Å². The van der Waals surface area contributed by atoms with E-state index in [9.17, 15) is 22.8 Å². The second-order valence-corrected chi connectivity index (χ2v) is 5.17. The number of likely N-dealkylation sites (tertiary alicyclic amines) is 1. The molecule has 0 spiro atoms. The van der Waals surface area contributed by atoms with E-state index in [2.05, 4.69) is 0 Å². The molecule has 5 nitrogen and oxygen atoms in total. The molecule has 1 aromatic heterocycles. The molecule has 1 amide bonds. The van der Waals surface area contributed by atoms with E-state index in [1.54, 1.807) is 19.9 Å². The van der Waals surface area contributed by atoms with E-state index < -0.39 is 43.0 Å². The van der Waals surface area contributed by atoms with Crippen molar-refractivity contribution in [3.63, 3.8) is 0 Å². The molecule has 1 fully saturated rings. The number of hydrogen-bond acceptors (Lipinski definition) is 3. The van der Waals surface area contributed by atoms with Crippen LogP contribution in [0.25, 0.3) is 0 Å². The van der Waals surface area contributed by atoms with Crippen molar-refractivity contribution < 1.29 is 32.3 Å². The molecule has 21 heavy (non-hydrogen) atoms. The molecule has 0 saturated carbocycles. The van der Waals surface area contributed by atoms with Gasteiger partial charge in [0.15, 0.2) is 5.76 Å². The minimum absolute atomic E-state index is 0.0422. The summed E-state index contributed by atoms with van der Waals surface area (Å²) < 4.78 is 43.8. The Morgan fingerprint density at radius 3 is 2.33 bits per heavy atom. The molecule has 1 aliphatic rings. The molecule has 0 aromatic carbocycles. The van der Waals surface area contributed by atoms with E-state index in [-0.39, 0.29) is 5.76 Å². The highest BCUT2D eigenvalue weighted by atomic mass is 19.4. The second kappa shape index (κ2) is 5.09. The number of aryl methyl sites for hydroxylation is 2. The summed E-state index contributed by atoms with van der Waals surface area (Å²) in [5, 5.41) is 8.91. The Labute approximate surface area is 118 Å². The van der Waals surface area contributed by atoms with Crippen molar-refractivity contribution in [3.8, 4) is 0 Å². The lowest BCUT2D eigenvalue weighted by Gasteiger charge is -2.18. The third-order valence-electron chi connectivity index (χ3n) is 3.58. The molecule has 1 N–H and O–H groups in total. The lowest BCUT2D eigenvalue weighted by molar-refractivity contribution is -0.187. The van der Waals surface area contributed by atoms with Crippen LogP contribution in [0.2, 0.25) is 0 Å². The van der Waals surface area contributed by atoms with Crippen LogP contribution in [0.1, 0.15) is 21.9 Å². The van der Waals surface area contributed by atoms with E-state index in [0.29, 0.717) is 11.3 Å². The molecule has 116 valence electrons. The average Bonchev–Trinajstić information content (AvgIpc) is 2.91. The smallest absolute Gasteiger partial charge is 0.394 e. The standard InChI is InChI=1S/C13H14F3NO4/c1-6-3-7(2)21-10(6)11(18)17-4-8(12(19)20)9(5-17)13(14,15)16/h3,8-9H,4-5H2,1-2H3,(H,19,20)/t8-,9-/m1/s1. The number of rotatable bonds is 2. The number of aliphatic carboxylic acids is 1. The number of hydrogen-bond donors (Lipinski definition) is 1. The lowest BCUT2D eigenvalue weighted by Crippen LogP contribution is -2.34. The third kappa shape index (κ3) is 2.88. The first kappa shape index (κ1) is 15.4. The Kier molecular flexibility index (Phi) is 3.73. The zero-order valence-corrected chi connectivity index (χ0v) is 11.4. The maximum Gasteiger partial charge on any atom is 0.394 e. The summed E-state index contributed by atoms with van der Waals surface area (Å²) in [5.41, 5.74) is 0.514. The quantitative estimate of drug-likeness (QED) is 0.909. The van der Waals surface area contributed by atoms with Crippen LogP contribution in [0.15, 0.2) is 10.5 Å². The van der Waals surface area contributed by atoms with E-state index >= 15 is 0 Å². The van der Waals surface area contributed by atoms with Gasteiger partial charge in [-0.15, -0.1) is 0 Å². The highest BCUT2D eigenvalue weighted by Crippen LogP contribution is 2.38. The zero-order chi connectivity index (χ0) is 15.9. The Balaban J connectivity index is 2.25. The van der Waals surface area contributed by atoms with Crippen LogP contribution in [0.4, 0.5) is 13.2 Å². The summed E-state index contributed by atoms with van der Waals surface area (Å²) in [5.74, 6) is -5.55. The van der Waals surface area contributed by atoms with E-state index in [1.807, 2.05) is 0 Å². The fourth-order valence-corrected chi connectivity index (χ4v) is 2.55. The molecule has 1 aliphatic heterocycles. The minimum atomic E-state index is -4.66. The summed E-state index contributed by atoms with van der Waals surface area (Å²) >= 11 is 0. The summed E-state index contributed by atoms with van der Waals surface area (Å²) in [6.45, 7) is 2.08. The molecule has 2 rings (SSSR count). The summed E-state index contributed by atoms with van der Waals surface area (Å²) in [7, 11) is 0. The van der Waals surface area contributed by atoms with Gasteiger partial charge in [-0.05, 0) is 19.9 Å². The number of furan rings is 1. The molecule has 0 radical (unpaired) electrons. The van der Waals surface area contributed by atoms with Gasteiger partial charge in [0.05, 0.1) is 11.8 Å². The van der Waals surface area contributed by atoms with Crippen molar-refractivity contribution in [1.82, 2.24) is 4.90 Å². The highest BCUT2D eigenvalue weighted by molar-refractivity contribution is 5.93. The van der Waals surface area contributed by atoms with Crippen molar-refractivity contribution in [1.29, 1.82) is 0 Å². The number of halogens is 3. The summed E-state index contributed by atoms with van der Waals surface area (Å²) in [6, 6.07) is 1.60. The van der Waals surface area contributed by atoms with Gasteiger partial charge < -0.3 is 14.4 Å². The summed E-state index contributed by atoms with van der Waals surface area (Å²) in [4.78, 5) is 24.1. The van der Waals surface area contributed by atoms with Gasteiger partial charge in [-0.25, -0.2) is 0 Å². The van der Waals surface area contributed by atoms with Crippen molar-refractivity contribution in [2.24, 2.45) is 11.8 Å². The summed E-state index contributed by atoms with van der Waals surface area (Å²) in [6.07, 6.45) is -4.66. The first-order valence-corrected chi connectivity index (χ1v) is 6.27. The van der Waals surface area contributed by atoms with Crippen LogP contribution in [-0.2, 0) is 4.79 Å². The number of alkyl halides is 3. The predicted octanol–water partition coefficient (Wildman–Crippen LogP) is 2.23. The SMILES string of the molecule is Cc1cc(C)c(C(=O)N2C[C@@H](C(F)(F)F)[C@H](C(=O)O)C2)o1. The molecule has 1 aromatic rings. The van der Waals surface area contributed by atoms with Gasteiger partial charge in [0.25, 0.3) is 5.91 Å². The van der Waals surface area contributed by atoms with Gasteiger partial charge in [0.1, 0.15) is 5.76 Å². The van der Waals surface area contributed by atoms with Crippen LogP contribution in [-0.4, -0.2) is 41.1 Å². The van der Waals surface area contributed by atoms with Crippen molar-refractivity contribution in [3.05, 3.63) is 23.2 Å². The fraction of sp³-hybridized carbons (Fsp3) is 0.538. The Morgan fingerprint density at radius 1 is 1.33 bits per heavy atom. The topological polar surface area (TPSA) is 70.8 Å². The minimum Gasteiger partial charge on any atom is -0.481 e. The number of amides is 1. The Morgan fingerprint density at radius 2 is 1.95 bits per heavy atom. The zero-order valence-electron chi connectivity index (χ0n) is 11.4. The van der Waals surface area contributed by atoms with Gasteiger partial charge in [0.2, 0.25) is 0 Å². The second-order valence-electron chi connectivity index (χ2n) is 5.17. The maximum atomic E-state index is 12.9. The largest absolute Gasteiger partial charge is 0.481 e. The van der Waals surface area contributed by atoms with Crippen LogP contribution in [0, 0.1) is 25.7 Å². The third-order valence-corrected chi connectivity index (χ3v) is 3.58. The van der Waals surface area contributed by atoms with E-state index in [0.717, 1.165) is 4.90 Å². The first-order chi connectivity index (χ1) is 9.61.